The van der Waals surface area contributed by atoms with Crippen molar-refractivity contribution >= 4 is 45.7 Å². The summed E-state index contributed by atoms with van der Waals surface area (Å²) in [7, 11) is 1.62. The van der Waals surface area contributed by atoms with Crippen molar-refractivity contribution in [2.45, 2.75) is 17.7 Å². The molecule has 1 heterocycles. The van der Waals surface area contributed by atoms with Crippen molar-refractivity contribution in [2.75, 3.05) is 31.3 Å². The van der Waals surface area contributed by atoms with E-state index in [0.717, 1.165) is 17.9 Å². The van der Waals surface area contributed by atoms with Crippen LogP contribution in [0, 0.1) is 0 Å². The zero-order chi connectivity index (χ0) is 18.8. The molecule has 2 rings (SSSR count). The molecule has 2 amide bonds. The van der Waals surface area contributed by atoms with Crippen molar-refractivity contribution in [3.05, 3.63) is 24.3 Å². The lowest BCUT2D eigenvalue weighted by molar-refractivity contribution is -0.124. The summed E-state index contributed by atoms with van der Waals surface area (Å²) in [4.78, 5) is 23.2. The lowest BCUT2D eigenvalue weighted by Gasteiger charge is -2.05. The molecule has 0 fully saturated rings. The second-order valence-electron chi connectivity index (χ2n) is 5.14. The Morgan fingerprint density at radius 3 is 2.62 bits per heavy atom. The lowest BCUT2D eigenvalue weighted by Crippen LogP contribution is -2.37. The number of nitrogens with one attached hydrogen (secondary N) is 3. The Bertz CT molecular complexity index is 721. The Balaban J connectivity index is 1.73. The molecule has 0 atom stereocenters. The average Bonchev–Trinajstić information content (AvgIpc) is 3.11. The molecule has 2 aromatic rings. The fraction of sp³-hybridized carbons (Fsp3) is 0.375. The van der Waals surface area contributed by atoms with Gasteiger partial charge in [0.2, 0.25) is 16.9 Å². The average molecular weight is 396 g/mol. The molecular formula is C16H21N5O3S2. The highest BCUT2D eigenvalue weighted by atomic mass is 32.2. The van der Waals surface area contributed by atoms with Gasteiger partial charge in [-0.1, -0.05) is 30.0 Å². The molecule has 8 nitrogen and oxygen atoms in total. The Labute approximate surface area is 160 Å². The summed E-state index contributed by atoms with van der Waals surface area (Å²) in [6.07, 6.45) is 0.861. The molecule has 0 aliphatic heterocycles. The fourth-order valence-corrected chi connectivity index (χ4v) is 3.40. The van der Waals surface area contributed by atoms with E-state index in [4.69, 9.17) is 4.74 Å². The van der Waals surface area contributed by atoms with Crippen LogP contribution >= 0.6 is 23.1 Å². The van der Waals surface area contributed by atoms with Gasteiger partial charge in [-0.2, -0.15) is 0 Å². The number of ether oxygens (including phenoxy) is 1. The monoisotopic (exact) mass is 395 g/mol. The minimum absolute atomic E-state index is 0.0141. The number of anilines is 2. The second kappa shape index (κ2) is 10.6. The molecule has 0 saturated heterocycles. The Hall–Kier alpha value is -2.33. The van der Waals surface area contributed by atoms with Crippen LogP contribution in [0.25, 0.3) is 0 Å². The predicted molar refractivity (Wildman–Crippen MR) is 103 cm³/mol. The molecule has 0 aliphatic rings. The maximum atomic E-state index is 11.8. The molecule has 140 valence electrons. The van der Waals surface area contributed by atoms with E-state index >= 15 is 0 Å². The van der Waals surface area contributed by atoms with E-state index in [-0.39, 0.29) is 24.1 Å². The van der Waals surface area contributed by atoms with Gasteiger partial charge in [0.1, 0.15) is 5.75 Å². The van der Waals surface area contributed by atoms with E-state index in [1.54, 1.807) is 7.11 Å². The maximum Gasteiger partial charge on any atom is 0.239 e. The van der Waals surface area contributed by atoms with Crippen molar-refractivity contribution < 1.29 is 14.3 Å². The summed E-state index contributed by atoms with van der Waals surface area (Å²) in [6, 6.07) is 7.45. The standard InChI is InChI=1S/C16H21N5O3S2/c1-3-8-17-13(22)9-18-14(23)10-25-16-21-20-15(26-16)19-11-4-6-12(24-2)7-5-11/h4-7H,3,8-10H2,1-2H3,(H,17,22)(H,18,23)(H,19,20). The van der Waals surface area contributed by atoms with Gasteiger partial charge in [0.15, 0.2) is 4.34 Å². The van der Waals surface area contributed by atoms with Crippen LogP contribution in [0.3, 0.4) is 0 Å². The molecule has 0 aliphatic carbocycles. The van der Waals surface area contributed by atoms with Gasteiger partial charge < -0.3 is 20.7 Å². The highest BCUT2D eigenvalue weighted by Gasteiger charge is 2.09. The lowest BCUT2D eigenvalue weighted by atomic mass is 10.3. The smallest absolute Gasteiger partial charge is 0.239 e. The highest BCUT2D eigenvalue weighted by molar-refractivity contribution is 8.01. The van der Waals surface area contributed by atoms with Crippen LogP contribution in [-0.4, -0.2) is 48.0 Å². The molecule has 1 aromatic heterocycles. The number of methoxy groups -OCH3 is 1. The van der Waals surface area contributed by atoms with Crippen LogP contribution in [0.1, 0.15) is 13.3 Å². The number of amides is 2. The van der Waals surface area contributed by atoms with Gasteiger partial charge in [0.05, 0.1) is 19.4 Å². The maximum absolute atomic E-state index is 11.8. The van der Waals surface area contributed by atoms with Crippen molar-refractivity contribution in [2.24, 2.45) is 0 Å². The summed E-state index contributed by atoms with van der Waals surface area (Å²) < 4.78 is 5.79. The van der Waals surface area contributed by atoms with Crippen molar-refractivity contribution in [1.29, 1.82) is 0 Å². The van der Waals surface area contributed by atoms with E-state index < -0.39 is 0 Å². The summed E-state index contributed by atoms with van der Waals surface area (Å²) >= 11 is 2.63. The summed E-state index contributed by atoms with van der Waals surface area (Å²) in [5, 5.41) is 17.1. The second-order valence-corrected chi connectivity index (χ2v) is 7.34. The van der Waals surface area contributed by atoms with Crippen LogP contribution in [0.4, 0.5) is 10.8 Å². The minimum Gasteiger partial charge on any atom is -0.497 e. The van der Waals surface area contributed by atoms with Gasteiger partial charge in [0.25, 0.3) is 0 Å². The molecular weight excluding hydrogens is 374 g/mol. The number of rotatable bonds is 10. The van der Waals surface area contributed by atoms with E-state index in [2.05, 4.69) is 26.1 Å². The van der Waals surface area contributed by atoms with Crippen molar-refractivity contribution in [3.8, 4) is 5.75 Å². The van der Waals surface area contributed by atoms with Crippen LogP contribution in [0.2, 0.25) is 0 Å². The molecule has 0 unspecified atom stereocenters. The van der Waals surface area contributed by atoms with E-state index in [9.17, 15) is 9.59 Å². The molecule has 26 heavy (non-hydrogen) atoms. The molecule has 3 N–H and O–H groups in total. The number of thioether (sulfide) groups is 1. The number of hydrogen-bond donors (Lipinski definition) is 3. The summed E-state index contributed by atoms with van der Waals surface area (Å²) in [6.45, 7) is 2.56. The Morgan fingerprint density at radius 2 is 1.92 bits per heavy atom. The third-order valence-electron chi connectivity index (χ3n) is 3.09. The van der Waals surface area contributed by atoms with E-state index in [1.165, 1.54) is 23.1 Å². The number of hydrogen-bond acceptors (Lipinski definition) is 8. The number of carbonyl (C=O) groups excluding carboxylic acids is 2. The third-order valence-corrected chi connectivity index (χ3v) is 5.06. The molecule has 0 saturated carbocycles. The first-order valence-corrected chi connectivity index (χ1v) is 9.81. The minimum atomic E-state index is -0.221. The summed E-state index contributed by atoms with van der Waals surface area (Å²) in [5.74, 6) is 0.546. The van der Waals surface area contributed by atoms with Gasteiger partial charge in [-0.25, -0.2) is 0 Å². The largest absolute Gasteiger partial charge is 0.497 e. The van der Waals surface area contributed by atoms with Gasteiger partial charge in [0, 0.05) is 12.2 Å². The fourth-order valence-electron chi connectivity index (χ4n) is 1.80. The topological polar surface area (TPSA) is 105 Å². The van der Waals surface area contributed by atoms with Gasteiger partial charge in [-0.05, 0) is 30.7 Å². The first-order valence-electron chi connectivity index (χ1n) is 8.01. The van der Waals surface area contributed by atoms with Gasteiger partial charge in [-0.15, -0.1) is 10.2 Å². The van der Waals surface area contributed by atoms with Crippen molar-refractivity contribution in [1.82, 2.24) is 20.8 Å². The quantitative estimate of drug-likeness (QED) is 0.529. The predicted octanol–water partition coefficient (Wildman–Crippen LogP) is 2.02. The zero-order valence-corrected chi connectivity index (χ0v) is 16.2. The van der Waals surface area contributed by atoms with Crippen LogP contribution in [-0.2, 0) is 9.59 Å². The highest BCUT2D eigenvalue weighted by Crippen LogP contribution is 2.28. The van der Waals surface area contributed by atoms with Gasteiger partial charge in [-0.3, -0.25) is 9.59 Å². The number of benzene rings is 1. The number of nitrogens with zero attached hydrogens (tertiary/aromatic N) is 2. The molecule has 1 aromatic carbocycles. The van der Waals surface area contributed by atoms with Crippen molar-refractivity contribution in [3.63, 3.8) is 0 Å². The number of aromatic nitrogens is 2. The SMILES string of the molecule is CCCNC(=O)CNC(=O)CSc1nnc(Nc2ccc(OC)cc2)s1. The van der Waals surface area contributed by atoms with Crippen LogP contribution < -0.4 is 20.7 Å². The normalized spacial score (nSPS) is 10.2. The molecule has 10 heteroatoms. The van der Waals surface area contributed by atoms with Gasteiger partial charge >= 0.3 is 0 Å². The van der Waals surface area contributed by atoms with E-state index in [0.29, 0.717) is 16.0 Å². The molecule has 0 radical (unpaired) electrons. The number of carbonyl (C=O) groups is 2. The first kappa shape index (κ1) is 20.0. The Morgan fingerprint density at radius 1 is 1.15 bits per heavy atom. The first-order chi connectivity index (χ1) is 12.6. The molecule has 0 spiro atoms. The van der Waals surface area contributed by atoms with Crippen LogP contribution in [0.5, 0.6) is 5.75 Å². The zero-order valence-electron chi connectivity index (χ0n) is 14.6. The van der Waals surface area contributed by atoms with Crippen LogP contribution in [0.15, 0.2) is 28.6 Å². The molecule has 0 bridgehead atoms. The van der Waals surface area contributed by atoms with E-state index in [1.807, 2.05) is 31.2 Å². The third kappa shape index (κ3) is 6.89. The summed E-state index contributed by atoms with van der Waals surface area (Å²) in [5.41, 5.74) is 0.870. The Kier molecular flexibility index (Phi) is 8.16.